The summed E-state index contributed by atoms with van der Waals surface area (Å²) < 4.78 is 17.5. The summed E-state index contributed by atoms with van der Waals surface area (Å²) in [5.74, 6) is 0.518. The van der Waals surface area contributed by atoms with E-state index in [9.17, 15) is 9.59 Å². The number of methoxy groups -OCH3 is 1. The van der Waals surface area contributed by atoms with E-state index in [2.05, 4.69) is 28.2 Å². The first kappa shape index (κ1) is 27.4. The van der Waals surface area contributed by atoms with Gasteiger partial charge in [-0.2, -0.15) is 0 Å². The van der Waals surface area contributed by atoms with Gasteiger partial charge in [0.25, 0.3) is 5.91 Å². The van der Waals surface area contributed by atoms with Gasteiger partial charge in [0.2, 0.25) is 0 Å². The highest BCUT2D eigenvalue weighted by atomic mass is 79.9. The summed E-state index contributed by atoms with van der Waals surface area (Å²) in [5, 5.41) is 3.38. The van der Waals surface area contributed by atoms with E-state index in [4.69, 9.17) is 14.2 Å². The number of hydrogen-bond acceptors (Lipinski definition) is 6. The molecule has 0 aliphatic carbocycles. The normalized spacial score (nSPS) is 11.5. The number of rotatable bonds is 10. The van der Waals surface area contributed by atoms with Crippen LogP contribution in [0.15, 0.2) is 83.3 Å². The minimum absolute atomic E-state index is 0.0436. The molecule has 6 nitrogen and oxygen atoms in total. The van der Waals surface area contributed by atoms with E-state index < -0.39 is 5.97 Å². The Kier molecular flexibility index (Phi) is 9.20. The van der Waals surface area contributed by atoms with Crippen LogP contribution >= 0.6 is 27.3 Å². The summed E-state index contributed by atoms with van der Waals surface area (Å²) in [5.41, 5.74) is 2.59. The lowest BCUT2D eigenvalue weighted by Gasteiger charge is -2.13. The van der Waals surface area contributed by atoms with Crippen LogP contribution in [0.25, 0.3) is 0 Å². The molecule has 0 radical (unpaired) electrons. The molecule has 0 bridgehead atoms. The third-order valence-electron chi connectivity index (χ3n) is 5.96. The minimum Gasteiger partial charge on any atom is -0.496 e. The molecule has 1 amide bonds. The maximum absolute atomic E-state index is 13.3. The van der Waals surface area contributed by atoms with Crippen molar-refractivity contribution in [2.45, 2.75) is 26.4 Å². The Morgan fingerprint density at radius 3 is 2.42 bits per heavy atom. The summed E-state index contributed by atoms with van der Waals surface area (Å²) in [6.45, 7) is 4.28. The molecule has 196 valence electrons. The van der Waals surface area contributed by atoms with Gasteiger partial charge in [-0.3, -0.25) is 4.79 Å². The highest BCUT2D eigenvalue weighted by Gasteiger charge is 2.23. The molecule has 1 heterocycles. The van der Waals surface area contributed by atoms with Crippen molar-refractivity contribution in [3.8, 4) is 11.5 Å². The van der Waals surface area contributed by atoms with E-state index in [0.717, 1.165) is 14.9 Å². The smallest absolute Gasteiger partial charge is 0.341 e. The molecule has 0 unspecified atom stereocenters. The predicted octanol–water partition coefficient (Wildman–Crippen LogP) is 7.68. The van der Waals surface area contributed by atoms with Crippen LogP contribution < -0.4 is 14.8 Å². The monoisotopic (exact) mass is 593 g/mol. The molecule has 0 saturated heterocycles. The van der Waals surface area contributed by atoms with Crippen LogP contribution in [-0.2, 0) is 11.3 Å². The van der Waals surface area contributed by atoms with Gasteiger partial charge in [-0.15, -0.1) is 11.3 Å². The largest absolute Gasteiger partial charge is 0.496 e. The van der Waals surface area contributed by atoms with Crippen LogP contribution in [0, 0.1) is 0 Å². The van der Waals surface area contributed by atoms with Crippen molar-refractivity contribution in [2.24, 2.45) is 0 Å². The van der Waals surface area contributed by atoms with E-state index in [0.29, 0.717) is 33.2 Å². The summed E-state index contributed by atoms with van der Waals surface area (Å²) in [6.07, 6.45) is 0. The fourth-order valence-electron chi connectivity index (χ4n) is 3.91. The first-order valence-electron chi connectivity index (χ1n) is 12.1. The molecule has 0 spiro atoms. The Labute approximate surface area is 234 Å². The standard InChI is InChI=1S/C30H28BrNO5S/c1-4-36-30(34)23-17-27(19(2)20-10-6-5-7-11-20)38-29(23)32-28(33)21-14-15-25(35-3)22(16-21)18-37-26-13-9-8-12-24(26)31/h5-17,19H,4,18H2,1-3H3,(H,32,33)/t19-/m0/s1. The second kappa shape index (κ2) is 12.8. The Balaban J connectivity index is 1.59. The first-order valence-corrected chi connectivity index (χ1v) is 13.7. The Morgan fingerprint density at radius 1 is 0.974 bits per heavy atom. The van der Waals surface area contributed by atoms with Crippen LogP contribution in [-0.4, -0.2) is 25.6 Å². The zero-order valence-corrected chi connectivity index (χ0v) is 23.7. The topological polar surface area (TPSA) is 73.9 Å². The molecule has 1 atom stereocenters. The highest BCUT2D eigenvalue weighted by Crippen LogP contribution is 2.37. The summed E-state index contributed by atoms with van der Waals surface area (Å²) in [4.78, 5) is 27.0. The van der Waals surface area contributed by atoms with Crippen LogP contribution in [0.3, 0.4) is 0 Å². The molecule has 1 N–H and O–H groups in total. The number of ether oxygens (including phenoxy) is 3. The van der Waals surface area contributed by atoms with Crippen LogP contribution in [0.4, 0.5) is 5.00 Å². The molecule has 38 heavy (non-hydrogen) atoms. The highest BCUT2D eigenvalue weighted by molar-refractivity contribution is 9.10. The number of hydrogen-bond donors (Lipinski definition) is 1. The number of carbonyl (C=O) groups excluding carboxylic acids is 2. The Morgan fingerprint density at radius 2 is 1.71 bits per heavy atom. The van der Waals surface area contributed by atoms with Gasteiger partial charge in [-0.25, -0.2) is 4.79 Å². The number of anilines is 1. The van der Waals surface area contributed by atoms with Crippen molar-refractivity contribution in [1.29, 1.82) is 0 Å². The number of amides is 1. The van der Waals surface area contributed by atoms with Gasteiger partial charge in [-0.05, 0) is 64.8 Å². The third-order valence-corrected chi connectivity index (χ3v) is 7.85. The molecule has 8 heteroatoms. The minimum atomic E-state index is -0.470. The fourth-order valence-corrected chi connectivity index (χ4v) is 5.43. The molecule has 4 aromatic rings. The van der Waals surface area contributed by atoms with Gasteiger partial charge in [0.05, 0.1) is 23.8 Å². The third kappa shape index (κ3) is 6.44. The quantitative estimate of drug-likeness (QED) is 0.191. The number of carbonyl (C=O) groups is 2. The molecule has 3 aromatic carbocycles. The van der Waals surface area contributed by atoms with Crippen molar-refractivity contribution < 1.29 is 23.8 Å². The van der Waals surface area contributed by atoms with Crippen LogP contribution in [0.5, 0.6) is 11.5 Å². The number of halogens is 1. The van der Waals surface area contributed by atoms with Crippen molar-refractivity contribution in [1.82, 2.24) is 0 Å². The van der Waals surface area contributed by atoms with E-state index in [1.807, 2.05) is 54.6 Å². The van der Waals surface area contributed by atoms with Crippen molar-refractivity contribution in [3.63, 3.8) is 0 Å². The number of nitrogens with one attached hydrogen (secondary N) is 1. The van der Waals surface area contributed by atoms with E-state index >= 15 is 0 Å². The van der Waals surface area contributed by atoms with Gasteiger partial charge in [0.1, 0.15) is 23.1 Å². The van der Waals surface area contributed by atoms with Gasteiger partial charge >= 0.3 is 5.97 Å². The lowest BCUT2D eigenvalue weighted by atomic mass is 9.99. The molecular formula is C30H28BrNO5S. The molecule has 0 fully saturated rings. The second-order valence-corrected chi connectivity index (χ2v) is 10.4. The number of esters is 1. The molecule has 4 rings (SSSR count). The SMILES string of the molecule is CCOC(=O)c1cc([C@@H](C)c2ccccc2)sc1NC(=O)c1ccc(OC)c(COc2ccccc2Br)c1. The Bertz CT molecular complexity index is 1420. The predicted molar refractivity (Wildman–Crippen MR) is 154 cm³/mol. The van der Waals surface area contributed by atoms with Crippen molar-refractivity contribution >= 4 is 44.1 Å². The van der Waals surface area contributed by atoms with Gasteiger partial charge in [-0.1, -0.05) is 49.4 Å². The van der Waals surface area contributed by atoms with Gasteiger partial charge in [0.15, 0.2) is 0 Å². The van der Waals surface area contributed by atoms with E-state index in [-0.39, 0.29) is 25.0 Å². The average Bonchev–Trinajstić information content (AvgIpc) is 3.36. The van der Waals surface area contributed by atoms with Crippen molar-refractivity contribution in [2.75, 3.05) is 19.0 Å². The Hall–Kier alpha value is -3.62. The maximum atomic E-state index is 13.3. The van der Waals surface area contributed by atoms with E-state index in [1.54, 1.807) is 38.3 Å². The molecule has 0 saturated carbocycles. The summed E-state index contributed by atoms with van der Waals surface area (Å²) in [6, 6.07) is 24.5. The number of benzene rings is 3. The molecular weight excluding hydrogens is 566 g/mol. The summed E-state index contributed by atoms with van der Waals surface area (Å²) in [7, 11) is 1.57. The zero-order valence-electron chi connectivity index (χ0n) is 21.3. The summed E-state index contributed by atoms with van der Waals surface area (Å²) >= 11 is 4.85. The molecule has 1 aromatic heterocycles. The van der Waals surface area contributed by atoms with Crippen molar-refractivity contribution in [3.05, 3.63) is 110 Å². The molecule has 0 aliphatic heterocycles. The fraction of sp³-hybridized carbons (Fsp3) is 0.200. The van der Waals surface area contributed by atoms with E-state index in [1.165, 1.54) is 11.3 Å². The maximum Gasteiger partial charge on any atom is 0.341 e. The zero-order chi connectivity index (χ0) is 27.1. The molecule has 0 aliphatic rings. The second-order valence-electron chi connectivity index (χ2n) is 8.44. The first-order chi connectivity index (χ1) is 18.4. The lowest BCUT2D eigenvalue weighted by Crippen LogP contribution is -2.15. The number of para-hydroxylation sites is 1. The average molecular weight is 595 g/mol. The van der Waals surface area contributed by atoms with Gasteiger partial charge in [0, 0.05) is 21.9 Å². The van der Waals surface area contributed by atoms with Gasteiger partial charge < -0.3 is 19.5 Å². The van der Waals surface area contributed by atoms with Crippen LogP contribution in [0.2, 0.25) is 0 Å². The van der Waals surface area contributed by atoms with Crippen LogP contribution in [0.1, 0.15) is 56.5 Å². The lowest BCUT2D eigenvalue weighted by molar-refractivity contribution is 0.0528. The number of thiophene rings is 1.